The van der Waals surface area contributed by atoms with Gasteiger partial charge in [0.2, 0.25) is 0 Å². The van der Waals surface area contributed by atoms with Crippen molar-refractivity contribution in [2.45, 2.75) is 25.4 Å². The van der Waals surface area contributed by atoms with Crippen LogP contribution < -0.4 is 20.1 Å². The topological polar surface area (TPSA) is 58.1 Å². The summed E-state index contributed by atoms with van der Waals surface area (Å²) in [6, 6.07) is 16.9. The van der Waals surface area contributed by atoms with Gasteiger partial charge in [-0.3, -0.25) is 9.89 Å². The molecule has 1 saturated heterocycles. The van der Waals surface area contributed by atoms with E-state index in [4.69, 9.17) is 9.47 Å². The largest absolute Gasteiger partial charge is 0.493 e. The zero-order valence-corrected chi connectivity index (χ0v) is 19.7. The molecule has 0 amide bonds. The standard InChI is InChI=1S/C22H30N4O2.HI/c1-23-22(25-18-11-12-20(27-2)21(14-18)28-3)24-15-19-10-7-13-26(19)16-17-8-5-4-6-9-17;/h4-6,8-9,11-12,14,19H,7,10,13,15-16H2,1-3H3,(H2,23,24,25);1H. The highest BCUT2D eigenvalue weighted by Gasteiger charge is 2.24. The number of nitrogens with one attached hydrogen (secondary N) is 2. The molecule has 2 N–H and O–H groups in total. The van der Waals surface area contributed by atoms with Gasteiger partial charge in [-0.1, -0.05) is 30.3 Å². The Kier molecular flexibility index (Phi) is 9.53. The quantitative estimate of drug-likeness (QED) is 0.336. The maximum Gasteiger partial charge on any atom is 0.195 e. The van der Waals surface area contributed by atoms with E-state index in [0.717, 1.165) is 31.3 Å². The Bertz CT molecular complexity index is 786. The third-order valence-corrected chi connectivity index (χ3v) is 5.10. The van der Waals surface area contributed by atoms with Gasteiger partial charge in [-0.2, -0.15) is 0 Å². The predicted octanol–water partition coefficient (Wildman–Crippen LogP) is 3.97. The lowest BCUT2D eigenvalue weighted by Crippen LogP contribution is -2.42. The molecule has 1 aliphatic rings. The van der Waals surface area contributed by atoms with Gasteiger partial charge in [-0.15, -0.1) is 24.0 Å². The summed E-state index contributed by atoms with van der Waals surface area (Å²) < 4.78 is 10.7. The molecule has 7 heteroatoms. The van der Waals surface area contributed by atoms with Crippen LogP contribution in [0.25, 0.3) is 0 Å². The molecule has 1 fully saturated rings. The van der Waals surface area contributed by atoms with Gasteiger partial charge in [0.15, 0.2) is 17.5 Å². The molecule has 29 heavy (non-hydrogen) atoms. The fourth-order valence-electron chi connectivity index (χ4n) is 3.60. The molecule has 0 aromatic heterocycles. The van der Waals surface area contributed by atoms with Gasteiger partial charge in [-0.05, 0) is 37.1 Å². The predicted molar refractivity (Wildman–Crippen MR) is 130 cm³/mol. The van der Waals surface area contributed by atoms with Gasteiger partial charge in [0, 0.05) is 37.9 Å². The second kappa shape index (κ2) is 11.9. The fraction of sp³-hybridized carbons (Fsp3) is 0.409. The van der Waals surface area contributed by atoms with Gasteiger partial charge < -0.3 is 20.1 Å². The molecule has 158 valence electrons. The van der Waals surface area contributed by atoms with Crippen LogP contribution in [0.4, 0.5) is 5.69 Å². The Labute approximate surface area is 190 Å². The van der Waals surface area contributed by atoms with E-state index in [9.17, 15) is 0 Å². The lowest BCUT2D eigenvalue weighted by atomic mass is 10.2. The van der Waals surface area contributed by atoms with E-state index in [1.807, 2.05) is 18.2 Å². The van der Waals surface area contributed by atoms with Crippen molar-refractivity contribution >= 4 is 35.6 Å². The van der Waals surface area contributed by atoms with Gasteiger partial charge in [-0.25, -0.2) is 0 Å². The van der Waals surface area contributed by atoms with Crippen molar-refractivity contribution in [3.8, 4) is 11.5 Å². The lowest BCUT2D eigenvalue weighted by molar-refractivity contribution is 0.245. The second-order valence-electron chi connectivity index (χ2n) is 6.90. The van der Waals surface area contributed by atoms with Crippen molar-refractivity contribution in [2.24, 2.45) is 4.99 Å². The normalized spacial score (nSPS) is 16.8. The van der Waals surface area contributed by atoms with Crippen LogP contribution >= 0.6 is 24.0 Å². The highest BCUT2D eigenvalue weighted by molar-refractivity contribution is 14.0. The number of ether oxygens (including phenoxy) is 2. The van der Waals surface area contributed by atoms with E-state index < -0.39 is 0 Å². The fourth-order valence-corrected chi connectivity index (χ4v) is 3.60. The molecule has 1 atom stereocenters. The third-order valence-electron chi connectivity index (χ3n) is 5.10. The van der Waals surface area contributed by atoms with Crippen LogP contribution in [-0.4, -0.2) is 51.3 Å². The SMILES string of the molecule is CN=C(NCC1CCCN1Cc1ccccc1)Nc1ccc(OC)c(OC)c1.I. The Hall–Kier alpha value is -2.00. The molecule has 0 saturated carbocycles. The molecule has 3 rings (SSSR count). The second-order valence-corrected chi connectivity index (χ2v) is 6.90. The summed E-state index contributed by atoms with van der Waals surface area (Å²) >= 11 is 0. The van der Waals surface area contributed by atoms with Crippen LogP contribution in [-0.2, 0) is 6.54 Å². The molecule has 1 heterocycles. The minimum Gasteiger partial charge on any atom is -0.493 e. The number of aliphatic imine (C=N–C) groups is 1. The van der Waals surface area contributed by atoms with Crippen LogP contribution in [0.5, 0.6) is 11.5 Å². The first-order valence-corrected chi connectivity index (χ1v) is 9.71. The number of hydrogen-bond donors (Lipinski definition) is 2. The average Bonchev–Trinajstić information content (AvgIpc) is 3.18. The van der Waals surface area contributed by atoms with Crippen molar-refractivity contribution in [1.29, 1.82) is 0 Å². The van der Waals surface area contributed by atoms with E-state index in [-0.39, 0.29) is 24.0 Å². The Morgan fingerprint density at radius 3 is 2.55 bits per heavy atom. The molecule has 0 spiro atoms. The first kappa shape index (κ1) is 23.3. The van der Waals surface area contributed by atoms with Crippen molar-refractivity contribution in [1.82, 2.24) is 10.2 Å². The number of methoxy groups -OCH3 is 2. The van der Waals surface area contributed by atoms with E-state index in [1.54, 1.807) is 21.3 Å². The van der Waals surface area contributed by atoms with Crippen molar-refractivity contribution in [3.63, 3.8) is 0 Å². The average molecular weight is 510 g/mol. The Balaban J connectivity index is 0.00000300. The summed E-state index contributed by atoms with van der Waals surface area (Å²) in [7, 11) is 5.05. The summed E-state index contributed by atoms with van der Waals surface area (Å²) in [4.78, 5) is 6.90. The number of likely N-dealkylation sites (tertiary alicyclic amines) is 1. The Morgan fingerprint density at radius 2 is 1.86 bits per heavy atom. The monoisotopic (exact) mass is 510 g/mol. The number of benzene rings is 2. The number of nitrogens with zero attached hydrogens (tertiary/aromatic N) is 2. The van der Waals surface area contributed by atoms with Crippen LogP contribution in [0.15, 0.2) is 53.5 Å². The van der Waals surface area contributed by atoms with E-state index in [0.29, 0.717) is 17.5 Å². The number of hydrogen-bond acceptors (Lipinski definition) is 4. The first-order chi connectivity index (χ1) is 13.7. The lowest BCUT2D eigenvalue weighted by Gasteiger charge is -2.25. The molecule has 1 unspecified atom stereocenters. The Morgan fingerprint density at radius 1 is 1.10 bits per heavy atom. The number of anilines is 1. The van der Waals surface area contributed by atoms with Crippen molar-refractivity contribution in [3.05, 3.63) is 54.1 Å². The molecule has 0 aliphatic carbocycles. The summed E-state index contributed by atoms with van der Waals surface area (Å²) in [6.45, 7) is 3.00. The number of halogens is 1. The van der Waals surface area contributed by atoms with Crippen LogP contribution in [0, 0.1) is 0 Å². The smallest absolute Gasteiger partial charge is 0.195 e. The molecular weight excluding hydrogens is 479 g/mol. The van der Waals surface area contributed by atoms with Crippen LogP contribution in [0.3, 0.4) is 0 Å². The van der Waals surface area contributed by atoms with Gasteiger partial charge >= 0.3 is 0 Å². The van der Waals surface area contributed by atoms with Gasteiger partial charge in [0.1, 0.15) is 0 Å². The molecule has 0 bridgehead atoms. The van der Waals surface area contributed by atoms with E-state index in [2.05, 4.69) is 50.9 Å². The molecular formula is C22H31IN4O2. The summed E-state index contributed by atoms with van der Waals surface area (Å²) in [5.74, 6) is 2.14. The summed E-state index contributed by atoms with van der Waals surface area (Å²) in [6.07, 6.45) is 2.44. The van der Waals surface area contributed by atoms with Gasteiger partial charge in [0.25, 0.3) is 0 Å². The molecule has 2 aromatic rings. The first-order valence-electron chi connectivity index (χ1n) is 9.71. The zero-order valence-electron chi connectivity index (χ0n) is 17.4. The highest BCUT2D eigenvalue weighted by Crippen LogP contribution is 2.29. The maximum atomic E-state index is 5.37. The number of rotatable bonds is 7. The van der Waals surface area contributed by atoms with Crippen LogP contribution in [0.1, 0.15) is 18.4 Å². The molecule has 2 aromatic carbocycles. The van der Waals surface area contributed by atoms with Crippen molar-refractivity contribution < 1.29 is 9.47 Å². The summed E-state index contributed by atoms with van der Waals surface area (Å²) in [5.41, 5.74) is 2.26. The molecule has 0 radical (unpaired) electrons. The maximum absolute atomic E-state index is 5.37. The van der Waals surface area contributed by atoms with Gasteiger partial charge in [0.05, 0.1) is 14.2 Å². The summed E-state index contributed by atoms with van der Waals surface area (Å²) in [5, 5.41) is 6.79. The number of guanidine groups is 1. The van der Waals surface area contributed by atoms with E-state index in [1.165, 1.54) is 18.4 Å². The molecule has 1 aliphatic heterocycles. The van der Waals surface area contributed by atoms with Crippen LogP contribution in [0.2, 0.25) is 0 Å². The molecule has 6 nitrogen and oxygen atoms in total. The zero-order chi connectivity index (χ0) is 19.8. The minimum absolute atomic E-state index is 0. The van der Waals surface area contributed by atoms with E-state index >= 15 is 0 Å². The minimum atomic E-state index is 0. The third kappa shape index (κ3) is 6.50. The highest BCUT2D eigenvalue weighted by atomic mass is 127. The van der Waals surface area contributed by atoms with Crippen molar-refractivity contribution in [2.75, 3.05) is 39.7 Å².